The average molecular weight is 316 g/mol. The van der Waals surface area contributed by atoms with Crippen LogP contribution in [0.2, 0.25) is 0 Å². The third-order valence-corrected chi connectivity index (χ3v) is 4.21. The van der Waals surface area contributed by atoms with Gasteiger partial charge in [0.25, 0.3) is 0 Å². The highest BCUT2D eigenvalue weighted by molar-refractivity contribution is 7.99. The average Bonchev–Trinajstić information content (AvgIpc) is 2.32. The molecule has 0 bridgehead atoms. The van der Waals surface area contributed by atoms with E-state index < -0.39 is 21.7 Å². The van der Waals surface area contributed by atoms with E-state index in [-0.39, 0.29) is 10.6 Å². The molecular formula is C12H10F2N2O2S2. The second kappa shape index (κ2) is 5.39. The standard InChI is InChI=1S/C12H10F2N2O2S2/c13-11-2-1-8(6-12(11)14)19-9-3-7(15)4-10(5-9)20(16,17)18/h1-6H,15H2,(H2,16,17,18). The second-order valence-corrected chi connectivity index (χ2v) is 6.67. The smallest absolute Gasteiger partial charge is 0.238 e. The molecule has 0 saturated heterocycles. The first kappa shape index (κ1) is 14.8. The van der Waals surface area contributed by atoms with Crippen molar-refractivity contribution in [3.8, 4) is 0 Å². The summed E-state index contributed by atoms with van der Waals surface area (Å²) in [6.07, 6.45) is 0. The van der Waals surface area contributed by atoms with Crippen LogP contribution in [0.5, 0.6) is 0 Å². The molecule has 0 unspecified atom stereocenters. The van der Waals surface area contributed by atoms with Crippen LogP contribution < -0.4 is 10.9 Å². The summed E-state index contributed by atoms with van der Waals surface area (Å²) in [7, 11) is -3.88. The van der Waals surface area contributed by atoms with Crippen molar-refractivity contribution < 1.29 is 17.2 Å². The Labute approximate surface area is 118 Å². The number of sulfonamides is 1. The van der Waals surface area contributed by atoms with Crippen LogP contribution >= 0.6 is 11.8 Å². The molecule has 2 aromatic carbocycles. The van der Waals surface area contributed by atoms with Gasteiger partial charge < -0.3 is 5.73 Å². The zero-order valence-electron chi connectivity index (χ0n) is 10.0. The quantitative estimate of drug-likeness (QED) is 0.851. The third-order valence-electron chi connectivity index (χ3n) is 2.36. The maximum absolute atomic E-state index is 13.1. The highest BCUT2D eigenvalue weighted by Crippen LogP contribution is 2.31. The summed E-state index contributed by atoms with van der Waals surface area (Å²) in [4.78, 5) is 0.734. The Balaban J connectivity index is 2.38. The normalized spacial score (nSPS) is 11.6. The lowest BCUT2D eigenvalue weighted by Crippen LogP contribution is -2.12. The van der Waals surface area contributed by atoms with Crippen molar-refractivity contribution >= 4 is 27.5 Å². The molecule has 0 atom stereocenters. The van der Waals surface area contributed by atoms with Gasteiger partial charge in [0.1, 0.15) is 0 Å². The van der Waals surface area contributed by atoms with Gasteiger partial charge in [-0.1, -0.05) is 11.8 Å². The van der Waals surface area contributed by atoms with Crippen molar-refractivity contribution in [2.24, 2.45) is 5.14 Å². The Bertz CT molecular complexity index is 764. The molecule has 0 aromatic heterocycles. The number of hydrogen-bond acceptors (Lipinski definition) is 4. The minimum atomic E-state index is -3.88. The van der Waals surface area contributed by atoms with Crippen molar-refractivity contribution in [1.82, 2.24) is 0 Å². The minimum absolute atomic E-state index is 0.136. The van der Waals surface area contributed by atoms with Crippen LogP contribution in [-0.4, -0.2) is 8.42 Å². The topological polar surface area (TPSA) is 86.2 Å². The van der Waals surface area contributed by atoms with Crippen LogP contribution in [0.4, 0.5) is 14.5 Å². The summed E-state index contributed by atoms with van der Waals surface area (Å²) in [5, 5.41) is 5.03. The van der Waals surface area contributed by atoms with Gasteiger partial charge in [0.15, 0.2) is 11.6 Å². The summed E-state index contributed by atoms with van der Waals surface area (Å²) in [5.74, 6) is -1.93. The van der Waals surface area contributed by atoms with Crippen LogP contribution in [-0.2, 0) is 10.0 Å². The molecular weight excluding hydrogens is 306 g/mol. The van der Waals surface area contributed by atoms with Gasteiger partial charge in [-0.25, -0.2) is 22.3 Å². The number of anilines is 1. The number of rotatable bonds is 3. The maximum atomic E-state index is 13.1. The molecule has 4 N–H and O–H groups in total. The first-order valence-corrected chi connectivity index (χ1v) is 7.68. The predicted octanol–water partition coefficient (Wildman–Crippen LogP) is 2.35. The zero-order valence-corrected chi connectivity index (χ0v) is 11.6. The lowest BCUT2D eigenvalue weighted by atomic mass is 10.3. The van der Waals surface area contributed by atoms with E-state index >= 15 is 0 Å². The first-order chi connectivity index (χ1) is 9.25. The molecule has 0 radical (unpaired) electrons. The van der Waals surface area contributed by atoms with E-state index in [1.807, 2.05) is 0 Å². The second-order valence-electron chi connectivity index (χ2n) is 3.96. The van der Waals surface area contributed by atoms with Crippen molar-refractivity contribution in [1.29, 1.82) is 0 Å². The Hall–Kier alpha value is -1.64. The SMILES string of the molecule is Nc1cc(Sc2ccc(F)c(F)c2)cc(S(N)(=O)=O)c1. The van der Waals surface area contributed by atoms with Crippen LogP contribution in [0, 0.1) is 11.6 Å². The molecule has 8 heteroatoms. The van der Waals surface area contributed by atoms with Gasteiger partial charge >= 0.3 is 0 Å². The number of benzene rings is 2. The predicted molar refractivity (Wildman–Crippen MR) is 72.7 cm³/mol. The van der Waals surface area contributed by atoms with E-state index in [9.17, 15) is 17.2 Å². The van der Waals surface area contributed by atoms with E-state index in [1.165, 1.54) is 24.3 Å². The van der Waals surface area contributed by atoms with E-state index in [1.54, 1.807) is 0 Å². The molecule has 106 valence electrons. The summed E-state index contributed by atoms with van der Waals surface area (Å²) >= 11 is 1.05. The Morgan fingerprint density at radius 1 is 0.950 bits per heavy atom. The van der Waals surface area contributed by atoms with Crippen molar-refractivity contribution in [3.05, 3.63) is 48.0 Å². The van der Waals surface area contributed by atoms with Crippen LogP contribution in [0.15, 0.2) is 51.1 Å². The van der Waals surface area contributed by atoms with Gasteiger partial charge in [0.2, 0.25) is 10.0 Å². The number of primary sulfonamides is 1. The zero-order chi connectivity index (χ0) is 14.9. The number of hydrogen-bond donors (Lipinski definition) is 2. The van der Waals surface area contributed by atoms with Crippen molar-refractivity contribution in [2.75, 3.05) is 5.73 Å². The fourth-order valence-electron chi connectivity index (χ4n) is 1.49. The lowest BCUT2D eigenvalue weighted by molar-refractivity contribution is 0.506. The fourth-order valence-corrected chi connectivity index (χ4v) is 3.11. The fraction of sp³-hybridized carbons (Fsp3) is 0. The van der Waals surface area contributed by atoms with Gasteiger partial charge in [-0.05, 0) is 36.4 Å². The van der Waals surface area contributed by atoms with Gasteiger partial charge in [-0.3, -0.25) is 0 Å². The molecule has 0 aliphatic rings. The molecule has 0 saturated carbocycles. The van der Waals surface area contributed by atoms with E-state index in [0.29, 0.717) is 9.79 Å². The van der Waals surface area contributed by atoms with E-state index in [2.05, 4.69) is 0 Å². The highest BCUT2D eigenvalue weighted by atomic mass is 32.2. The molecule has 0 fully saturated rings. The monoisotopic (exact) mass is 316 g/mol. The summed E-state index contributed by atoms with van der Waals surface area (Å²) in [6.45, 7) is 0. The summed E-state index contributed by atoms with van der Waals surface area (Å²) < 4.78 is 48.5. The van der Waals surface area contributed by atoms with Gasteiger partial charge in [0, 0.05) is 15.5 Å². The van der Waals surface area contributed by atoms with Crippen LogP contribution in [0.25, 0.3) is 0 Å². The molecule has 0 heterocycles. The van der Waals surface area contributed by atoms with E-state index in [0.717, 1.165) is 23.9 Å². The number of halogens is 2. The number of nitrogen functional groups attached to an aromatic ring is 1. The molecule has 20 heavy (non-hydrogen) atoms. The Morgan fingerprint density at radius 2 is 1.65 bits per heavy atom. The Morgan fingerprint density at radius 3 is 2.25 bits per heavy atom. The van der Waals surface area contributed by atoms with Gasteiger partial charge in [-0.2, -0.15) is 0 Å². The van der Waals surface area contributed by atoms with Gasteiger partial charge in [0.05, 0.1) is 4.90 Å². The molecule has 0 spiro atoms. The van der Waals surface area contributed by atoms with Crippen molar-refractivity contribution in [3.63, 3.8) is 0 Å². The summed E-state index contributed by atoms with van der Waals surface area (Å²) in [6, 6.07) is 7.44. The maximum Gasteiger partial charge on any atom is 0.238 e. The van der Waals surface area contributed by atoms with Crippen LogP contribution in [0.3, 0.4) is 0 Å². The Kier molecular flexibility index (Phi) is 3.98. The number of nitrogens with two attached hydrogens (primary N) is 2. The first-order valence-electron chi connectivity index (χ1n) is 5.32. The largest absolute Gasteiger partial charge is 0.399 e. The molecule has 0 aliphatic carbocycles. The minimum Gasteiger partial charge on any atom is -0.399 e. The van der Waals surface area contributed by atoms with Gasteiger partial charge in [-0.15, -0.1) is 0 Å². The molecule has 2 aromatic rings. The molecule has 0 amide bonds. The van der Waals surface area contributed by atoms with Crippen LogP contribution in [0.1, 0.15) is 0 Å². The summed E-state index contributed by atoms with van der Waals surface area (Å²) in [5.41, 5.74) is 5.81. The lowest BCUT2D eigenvalue weighted by Gasteiger charge is -2.06. The molecule has 0 aliphatic heterocycles. The highest BCUT2D eigenvalue weighted by Gasteiger charge is 2.11. The molecule has 4 nitrogen and oxygen atoms in total. The third kappa shape index (κ3) is 3.47. The van der Waals surface area contributed by atoms with Crippen molar-refractivity contribution in [2.45, 2.75) is 14.7 Å². The molecule has 2 rings (SSSR count). The van der Waals surface area contributed by atoms with E-state index in [4.69, 9.17) is 10.9 Å².